The zero-order valence-corrected chi connectivity index (χ0v) is 37.5. The maximum Gasteiger partial charge on any atom is 0.220 e. The molecule has 1 rings (SSSR count). The fourth-order valence-electron chi connectivity index (χ4n) is 7.30. The Morgan fingerprint density at radius 1 is 0.593 bits per heavy atom. The molecule has 0 saturated carbocycles. The van der Waals surface area contributed by atoms with Gasteiger partial charge in [0, 0.05) is 6.42 Å². The van der Waals surface area contributed by atoms with E-state index in [1.54, 1.807) is 0 Å². The van der Waals surface area contributed by atoms with Gasteiger partial charge in [-0.05, 0) is 57.8 Å². The molecule has 0 aliphatic carbocycles. The molecule has 7 unspecified atom stereocenters. The highest BCUT2D eigenvalue weighted by molar-refractivity contribution is 5.76. The zero-order chi connectivity index (χ0) is 43.0. The molecule has 0 spiro atoms. The van der Waals surface area contributed by atoms with Crippen molar-refractivity contribution in [3.8, 4) is 0 Å². The van der Waals surface area contributed by atoms with Crippen molar-refractivity contribution < 1.29 is 39.8 Å². The highest BCUT2D eigenvalue weighted by Crippen LogP contribution is 2.23. The number of amides is 1. The second-order valence-corrected chi connectivity index (χ2v) is 16.5. The van der Waals surface area contributed by atoms with Crippen molar-refractivity contribution in [2.45, 2.75) is 236 Å². The summed E-state index contributed by atoms with van der Waals surface area (Å²) < 4.78 is 11.2. The summed E-state index contributed by atoms with van der Waals surface area (Å²) in [6, 6.07) is -0.723. The van der Waals surface area contributed by atoms with E-state index in [2.05, 4.69) is 79.9 Å². The molecule has 1 aliphatic rings. The van der Waals surface area contributed by atoms with Gasteiger partial charge >= 0.3 is 0 Å². The van der Waals surface area contributed by atoms with Crippen LogP contribution in [0, 0.1) is 0 Å². The molecule has 9 heteroatoms. The Bertz CT molecular complexity index is 1100. The van der Waals surface area contributed by atoms with E-state index in [9.17, 15) is 30.3 Å². The highest BCUT2D eigenvalue weighted by atomic mass is 16.7. The molecule has 1 aliphatic heterocycles. The number of rotatable bonds is 39. The molecular formula is C50H89NO8. The summed E-state index contributed by atoms with van der Waals surface area (Å²) >= 11 is 0. The summed E-state index contributed by atoms with van der Waals surface area (Å²) in [5, 5.41) is 54.3. The molecule has 0 aromatic carbocycles. The van der Waals surface area contributed by atoms with Crippen LogP contribution in [-0.4, -0.2) is 87.5 Å². The van der Waals surface area contributed by atoms with Gasteiger partial charge < -0.3 is 40.3 Å². The van der Waals surface area contributed by atoms with Gasteiger partial charge in [-0.15, -0.1) is 0 Å². The van der Waals surface area contributed by atoms with Crippen molar-refractivity contribution in [3.05, 3.63) is 60.8 Å². The molecule has 9 nitrogen and oxygen atoms in total. The van der Waals surface area contributed by atoms with Gasteiger partial charge in [0.2, 0.25) is 5.91 Å². The Hall–Kier alpha value is -2.11. The highest BCUT2D eigenvalue weighted by Gasteiger charge is 2.44. The van der Waals surface area contributed by atoms with E-state index >= 15 is 0 Å². The average molecular weight is 832 g/mol. The van der Waals surface area contributed by atoms with Crippen LogP contribution in [0.2, 0.25) is 0 Å². The van der Waals surface area contributed by atoms with Crippen LogP contribution in [0.3, 0.4) is 0 Å². The zero-order valence-electron chi connectivity index (χ0n) is 37.5. The van der Waals surface area contributed by atoms with E-state index in [1.165, 1.54) is 89.9 Å². The average Bonchev–Trinajstić information content (AvgIpc) is 3.23. The summed E-state index contributed by atoms with van der Waals surface area (Å²) in [4.78, 5) is 13.0. The van der Waals surface area contributed by atoms with E-state index in [1.807, 2.05) is 0 Å². The number of hydrogen-bond donors (Lipinski definition) is 6. The third-order valence-electron chi connectivity index (χ3n) is 11.1. The lowest BCUT2D eigenvalue weighted by atomic mass is 9.99. The Morgan fingerprint density at radius 3 is 1.56 bits per heavy atom. The van der Waals surface area contributed by atoms with E-state index in [0.29, 0.717) is 12.8 Å². The number of ether oxygens (including phenoxy) is 2. The molecule has 1 fully saturated rings. The maximum atomic E-state index is 13.0. The lowest BCUT2D eigenvalue weighted by Crippen LogP contribution is -2.60. The number of aliphatic hydroxyl groups is 5. The summed E-state index contributed by atoms with van der Waals surface area (Å²) in [6.07, 6.45) is 45.2. The van der Waals surface area contributed by atoms with Crippen LogP contribution in [0.4, 0.5) is 0 Å². The number of allylic oxidation sites excluding steroid dienone is 10. The molecule has 0 aromatic rings. The van der Waals surface area contributed by atoms with E-state index in [0.717, 1.165) is 77.0 Å². The summed E-state index contributed by atoms with van der Waals surface area (Å²) in [5.41, 5.74) is 0. The topological polar surface area (TPSA) is 149 Å². The molecule has 1 amide bonds. The molecule has 59 heavy (non-hydrogen) atoms. The first-order valence-electron chi connectivity index (χ1n) is 24.0. The minimum Gasteiger partial charge on any atom is -0.394 e. The third kappa shape index (κ3) is 30.6. The van der Waals surface area contributed by atoms with Crippen LogP contribution >= 0.6 is 0 Å². The molecule has 1 saturated heterocycles. The van der Waals surface area contributed by atoms with Crippen molar-refractivity contribution in [3.63, 3.8) is 0 Å². The van der Waals surface area contributed by atoms with Crippen molar-refractivity contribution in [1.29, 1.82) is 0 Å². The fourth-order valence-corrected chi connectivity index (χ4v) is 7.30. The van der Waals surface area contributed by atoms with Crippen LogP contribution in [-0.2, 0) is 14.3 Å². The molecule has 0 aromatic heterocycles. The van der Waals surface area contributed by atoms with Gasteiger partial charge in [-0.2, -0.15) is 0 Å². The van der Waals surface area contributed by atoms with Gasteiger partial charge in [0.15, 0.2) is 6.29 Å². The first-order chi connectivity index (χ1) is 28.8. The van der Waals surface area contributed by atoms with Crippen LogP contribution in [0.15, 0.2) is 60.8 Å². The quantitative estimate of drug-likeness (QED) is 0.0265. The van der Waals surface area contributed by atoms with E-state index in [-0.39, 0.29) is 12.5 Å². The molecule has 0 bridgehead atoms. The number of carbonyl (C=O) groups excluding carboxylic acids is 1. The standard InChI is InChI=1S/C50H89NO8/c1-3-5-7-9-11-13-15-16-17-18-19-20-21-22-23-24-25-26-27-28-30-32-34-36-38-40-46(54)51-43(42-58-50-49(57)48(56)47(55)45(41-52)59-50)44(53)39-37-35-33-31-29-14-12-10-8-6-4-2/h5,7,11,13,16-17,19-20,22-23,43-45,47-50,52-53,55-57H,3-4,6,8-10,12,14-15,18,21,24-42H2,1-2H3,(H,51,54)/b7-5-,13-11-,17-16-,20-19-,23-22-. The fraction of sp³-hybridized carbons (Fsp3) is 0.780. The number of nitrogens with one attached hydrogen (secondary N) is 1. The second-order valence-electron chi connectivity index (χ2n) is 16.5. The number of carbonyl (C=O) groups is 1. The Labute approximate surface area is 360 Å². The smallest absolute Gasteiger partial charge is 0.220 e. The first kappa shape index (κ1) is 54.9. The minimum absolute atomic E-state index is 0.143. The van der Waals surface area contributed by atoms with E-state index in [4.69, 9.17) is 9.47 Å². The number of hydrogen-bond acceptors (Lipinski definition) is 8. The van der Waals surface area contributed by atoms with Crippen LogP contribution < -0.4 is 5.32 Å². The van der Waals surface area contributed by atoms with Gasteiger partial charge in [-0.1, -0.05) is 190 Å². The van der Waals surface area contributed by atoms with Gasteiger partial charge in [0.1, 0.15) is 24.4 Å². The van der Waals surface area contributed by atoms with Crippen LogP contribution in [0.5, 0.6) is 0 Å². The number of unbranched alkanes of at least 4 members (excludes halogenated alkanes) is 19. The maximum absolute atomic E-state index is 13.0. The van der Waals surface area contributed by atoms with Crippen molar-refractivity contribution >= 4 is 5.91 Å². The lowest BCUT2D eigenvalue weighted by Gasteiger charge is -2.40. The Balaban J connectivity index is 2.25. The number of aliphatic hydroxyl groups excluding tert-OH is 5. The van der Waals surface area contributed by atoms with E-state index < -0.39 is 49.5 Å². The predicted molar refractivity (Wildman–Crippen MR) is 244 cm³/mol. The van der Waals surface area contributed by atoms with Crippen LogP contribution in [0.1, 0.15) is 194 Å². The summed E-state index contributed by atoms with van der Waals surface area (Å²) in [7, 11) is 0. The van der Waals surface area contributed by atoms with Crippen LogP contribution in [0.25, 0.3) is 0 Å². The summed E-state index contributed by atoms with van der Waals surface area (Å²) in [6.45, 7) is 3.69. The third-order valence-corrected chi connectivity index (χ3v) is 11.1. The Morgan fingerprint density at radius 2 is 1.05 bits per heavy atom. The lowest BCUT2D eigenvalue weighted by molar-refractivity contribution is -0.302. The molecular weight excluding hydrogens is 743 g/mol. The SMILES string of the molecule is CC/C=C\C/C=C\C/C=C\C/C=C\C/C=C\CCCCCCCCCCCC(=O)NC(COC1OC(CO)C(O)C(O)C1O)C(O)CCCCCCCCCCCCC. The predicted octanol–water partition coefficient (Wildman–Crippen LogP) is 10.4. The minimum atomic E-state index is -1.56. The van der Waals surface area contributed by atoms with Gasteiger partial charge in [0.25, 0.3) is 0 Å². The molecule has 342 valence electrons. The molecule has 0 radical (unpaired) electrons. The van der Waals surface area contributed by atoms with Gasteiger partial charge in [0.05, 0.1) is 25.4 Å². The molecule has 7 atom stereocenters. The van der Waals surface area contributed by atoms with Crippen molar-refractivity contribution in [1.82, 2.24) is 5.32 Å². The molecule has 1 heterocycles. The Kier molecular flexibility index (Phi) is 37.2. The first-order valence-corrected chi connectivity index (χ1v) is 24.0. The summed E-state index contributed by atoms with van der Waals surface area (Å²) in [5.74, 6) is -0.155. The van der Waals surface area contributed by atoms with Gasteiger partial charge in [-0.3, -0.25) is 4.79 Å². The van der Waals surface area contributed by atoms with Crippen molar-refractivity contribution in [2.24, 2.45) is 0 Å². The monoisotopic (exact) mass is 832 g/mol. The molecule has 6 N–H and O–H groups in total. The largest absolute Gasteiger partial charge is 0.394 e. The second kappa shape index (κ2) is 40.0. The van der Waals surface area contributed by atoms with Crippen molar-refractivity contribution in [2.75, 3.05) is 13.2 Å². The normalized spacial score (nSPS) is 21.2. The van der Waals surface area contributed by atoms with Gasteiger partial charge in [-0.25, -0.2) is 0 Å².